The monoisotopic (exact) mass is 414 g/mol. The van der Waals surface area contributed by atoms with Crippen LogP contribution in [0.4, 0.5) is 5.95 Å². The fraction of sp³-hybridized carbons (Fsp3) is 0.300. The van der Waals surface area contributed by atoms with Crippen LogP contribution >= 0.6 is 11.6 Å². The Morgan fingerprint density at radius 1 is 1.24 bits per heavy atom. The molecule has 0 spiro atoms. The number of esters is 1. The van der Waals surface area contributed by atoms with Crippen molar-refractivity contribution in [1.29, 1.82) is 0 Å². The molecular formula is C20H23ClN6O2. The van der Waals surface area contributed by atoms with Crippen molar-refractivity contribution in [3.05, 3.63) is 58.4 Å². The molecule has 9 heteroatoms. The normalized spacial score (nSPS) is 11.1. The maximum Gasteiger partial charge on any atom is 0.356 e. The van der Waals surface area contributed by atoms with E-state index in [4.69, 9.17) is 22.1 Å². The van der Waals surface area contributed by atoms with Crippen molar-refractivity contribution in [2.75, 3.05) is 33.0 Å². The van der Waals surface area contributed by atoms with Gasteiger partial charge in [-0.05, 0) is 19.7 Å². The average Bonchev–Trinajstić information content (AvgIpc) is 2.97. The molecule has 1 aromatic carbocycles. The number of benzene rings is 1. The van der Waals surface area contributed by atoms with E-state index in [-0.39, 0.29) is 17.7 Å². The van der Waals surface area contributed by atoms with Crippen LogP contribution in [0, 0.1) is 0 Å². The topological polar surface area (TPSA) is 99.2 Å². The molecule has 2 aromatic heterocycles. The number of ether oxygens (including phenoxy) is 1. The van der Waals surface area contributed by atoms with E-state index in [0.717, 1.165) is 5.56 Å². The Kier molecular flexibility index (Phi) is 6.46. The van der Waals surface area contributed by atoms with Crippen molar-refractivity contribution >= 4 is 23.5 Å². The average molecular weight is 415 g/mol. The molecule has 3 rings (SSSR count). The minimum atomic E-state index is -0.438. The molecule has 0 saturated heterocycles. The van der Waals surface area contributed by atoms with Crippen LogP contribution in [0.2, 0.25) is 5.15 Å². The lowest BCUT2D eigenvalue weighted by Gasteiger charge is -2.11. The fourth-order valence-electron chi connectivity index (χ4n) is 2.94. The number of aryl methyl sites for hydroxylation is 1. The molecule has 0 radical (unpaired) electrons. The van der Waals surface area contributed by atoms with E-state index in [1.54, 1.807) is 13.1 Å². The maximum atomic E-state index is 12.9. The third-order valence-electron chi connectivity index (χ3n) is 4.29. The van der Waals surface area contributed by atoms with E-state index in [2.05, 4.69) is 15.1 Å². The van der Waals surface area contributed by atoms with Gasteiger partial charge < -0.3 is 15.4 Å². The van der Waals surface area contributed by atoms with Crippen molar-refractivity contribution in [3.63, 3.8) is 0 Å². The number of rotatable bonds is 7. The van der Waals surface area contributed by atoms with Crippen LogP contribution < -0.4 is 5.73 Å². The molecule has 0 unspecified atom stereocenters. The summed E-state index contributed by atoms with van der Waals surface area (Å²) in [7, 11) is 5.53. The van der Waals surface area contributed by atoms with E-state index in [0.29, 0.717) is 35.6 Å². The number of hydrogen-bond acceptors (Lipinski definition) is 7. The summed E-state index contributed by atoms with van der Waals surface area (Å²) in [4.78, 5) is 22.9. The number of anilines is 1. The van der Waals surface area contributed by atoms with Crippen LogP contribution in [-0.4, -0.2) is 57.9 Å². The first kappa shape index (κ1) is 20.8. The third-order valence-corrected chi connectivity index (χ3v) is 4.48. The highest BCUT2D eigenvalue weighted by Gasteiger charge is 2.25. The van der Waals surface area contributed by atoms with Crippen molar-refractivity contribution in [1.82, 2.24) is 24.6 Å². The first-order valence-corrected chi connectivity index (χ1v) is 9.45. The Morgan fingerprint density at radius 2 is 1.97 bits per heavy atom. The number of aromatic nitrogens is 4. The van der Waals surface area contributed by atoms with Crippen LogP contribution in [0.3, 0.4) is 0 Å². The van der Waals surface area contributed by atoms with Crippen LogP contribution in [0.15, 0.2) is 36.4 Å². The Balaban J connectivity index is 2.05. The summed E-state index contributed by atoms with van der Waals surface area (Å²) >= 11 is 6.06. The lowest BCUT2D eigenvalue weighted by atomic mass is 10.0. The Bertz CT molecular complexity index is 983. The number of halogens is 1. The quantitative estimate of drug-likeness (QED) is 0.468. The van der Waals surface area contributed by atoms with Gasteiger partial charge >= 0.3 is 5.97 Å². The van der Waals surface area contributed by atoms with Crippen molar-refractivity contribution in [2.24, 2.45) is 7.05 Å². The number of nitrogen functional groups attached to an aromatic ring is 1. The molecule has 0 fully saturated rings. The highest BCUT2D eigenvalue weighted by atomic mass is 35.5. The third kappa shape index (κ3) is 5.10. The molecule has 0 bridgehead atoms. The van der Waals surface area contributed by atoms with Crippen LogP contribution in [-0.2, 0) is 18.2 Å². The van der Waals surface area contributed by atoms with Crippen molar-refractivity contribution in [3.8, 4) is 11.4 Å². The van der Waals surface area contributed by atoms with E-state index < -0.39 is 5.97 Å². The summed E-state index contributed by atoms with van der Waals surface area (Å²) in [6.45, 7) is 0.909. The molecule has 3 aromatic rings. The van der Waals surface area contributed by atoms with Gasteiger partial charge in [0.2, 0.25) is 5.95 Å². The van der Waals surface area contributed by atoms with Crippen molar-refractivity contribution in [2.45, 2.75) is 6.42 Å². The van der Waals surface area contributed by atoms with Gasteiger partial charge in [0.1, 0.15) is 23.1 Å². The molecule has 2 N–H and O–H groups in total. The van der Waals surface area contributed by atoms with Crippen LogP contribution in [0.25, 0.3) is 11.4 Å². The highest BCUT2D eigenvalue weighted by Crippen LogP contribution is 2.28. The lowest BCUT2D eigenvalue weighted by molar-refractivity contribution is 0.0468. The predicted octanol–water partition coefficient (Wildman–Crippen LogP) is 2.42. The zero-order chi connectivity index (χ0) is 21.0. The number of carbonyl (C=O) groups excluding carboxylic acids is 1. The molecule has 0 atom stereocenters. The summed E-state index contributed by atoms with van der Waals surface area (Å²) in [6.07, 6.45) is 0.476. The minimum absolute atomic E-state index is 0.0407. The van der Waals surface area contributed by atoms with E-state index >= 15 is 0 Å². The molecule has 0 aliphatic carbocycles. The Hall–Kier alpha value is -2.97. The minimum Gasteiger partial charge on any atom is -0.460 e. The van der Waals surface area contributed by atoms with Gasteiger partial charge in [0.15, 0.2) is 0 Å². The molecule has 0 aliphatic rings. The summed E-state index contributed by atoms with van der Waals surface area (Å²) in [5.41, 5.74) is 8.83. The number of likely N-dealkylation sites (N-methyl/N-ethyl adjacent to an activating group) is 1. The molecule has 152 valence electrons. The summed E-state index contributed by atoms with van der Waals surface area (Å²) in [6, 6.07) is 11.4. The molecule has 29 heavy (non-hydrogen) atoms. The number of carbonyl (C=O) groups is 1. The Labute approximate surface area is 174 Å². The first-order chi connectivity index (χ1) is 13.8. The molecule has 0 aliphatic heterocycles. The van der Waals surface area contributed by atoms with Crippen LogP contribution in [0.1, 0.15) is 21.6 Å². The van der Waals surface area contributed by atoms with Gasteiger partial charge in [0, 0.05) is 31.6 Å². The zero-order valence-corrected chi connectivity index (χ0v) is 17.3. The summed E-state index contributed by atoms with van der Waals surface area (Å²) in [5.74, 6) is -0.397. The number of nitrogens with zero attached hydrogens (tertiary/aromatic N) is 5. The second-order valence-corrected chi connectivity index (χ2v) is 7.22. The van der Waals surface area contributed by atoms with Gasteiger partial charge in [-0.25, -0.2) is 14.8 Å². The first-order valence-electron chi connectivity index (χ1n) is 9.07. The standard InChI is InChI=1S/C20H23ClN6O2/c1-26(2)9-10-29-19(28)18-14(11-13-7-5-4-6-8-13)17(25-27(18)3)15-12-16(21)24-20(22)23-15/h4-8,12H,9-11H2,1-3H3,(H2,22,23,24). The number of hydrogen-bond donors (Lipinski definition) is 1. The molecule has 0 saturated carbocycles. The SMILES string of the molecule is CN(C)CCOC(=O)c1c(Cc2ccccc2)c(-c2cc(Cl)nc(N)n2)nn1C. The summed E-state index contributed by atoms with van der Waals surface area (Å²) in [5, 5.41) is 4.73. The van der Waals surface area contributed by atoms with Gasteiger partial charge in [0.05, 0.1) is 5.69 Å². The lowest BCUT2D eigenvalue weighted by Crippen LogP contribution is -2.21. The maximum absolute atomic E-state index is 12.9. The second-order valence-electron chi connectivity index (χ2n) is 6.84. The second kappa shape index (κ2) is 9.02. The van der Waals surface area contributed by atoms with Gasteiger partial charge in [0.25, 0.3) is 0 Å². The van der Waals surface area contributed by atoms with E-state index in [1.807, 2.05) is 49.3 Å². The largest absolute Gasteiger partial charge is 0.460 e. The summed E-state index contributed by atoms with van der Waals surface area (Å²) < 4.78 is 6.98. The van der Waals surface area contributed by atoms with Gasteiger partial charge in [-0.1, -0.05) is 41.9 Å². The van der Waals surface area contributed by atoms with Crippen molar-refractivity contribution < 1.29 is 9.53 Å². The molecule has 8 nitrogen and oxygen atoms in total. The fourth-order valence-corrected chi connectivity index (χ4v) is 3.13. The van der Waals surface area contributed by atoms with Gasteiger partial charge in [-0.3, -0.25) is 4.68 Å². The predicted molar refractivity (Wildman–Crippen MR) is 112 cm³/mol. The van der Waals surface area contributed by atoms with Gasteiger partial charge in [-0.15, -0.1) is 0 Å². The molecule has 0 amide bonds. The molecule has 2 heterocycles. The zero-order valence-electron chi connectivity index (χ0n) is 16.6. The Morgan fingerprint density at radius 3 is 2.62 bits per heavy atom. The molecular weight excluding hydrogens is 392 g/mol. The van der Waals surface area contributed by atoms with Crippen LogP contribution in [0.5, 0.6) is 0 Å². The van der Waals surface area contributed by atoms with Gasteiger partial charge in [-0.2, -0.15) is 5.10 Å². The smallest absolute Gasteiger partial charge is 0.356 e. The van der Waals surface area contributed by atoms with E-state index in [9.17, 15) is 4.79 Å². The highest BCUT2D eigenvalue weighted by molar-refractivity contribution is 6.29. The number of nitrogens with two attached hydrogens (primary N) is 1. The van der Waals surface area contributed by atoms with E-state index in [1.165, 1.54) is 4.68 Å².